The molecule has 0 unspecified atom stereocenters. The Labute approximate surface area is 121 Å². The molecule has 0 aromatic rings. The van der Waals surface area contributed by atoms with Crippen molar-refractivity contribution in [2.24, 2.45) is 0 Å². The van der Waals surface area contributed by atoms with Gasteiger partial charge in [0, 0.05) is 6.42 Å². The molecule has 0 rings (SSSR count). The molecule has 0 saturated heterocycles. The molecular weight excluding hydrogens is 317 g/mol. The summed E-state index contributed by atoms with van der Waals surface area (Å²) in [6.45, 7) is 2.19. The molecule has 0 aromatic carbocycles. The van der Waals surface area contributed by atoms with E-state index >= 15 is 0 Å². The van der Waals surface area contributed by atoms with Gasteiger partial charge in [0.15, 0.2) is 21.7 Å². The minimum absolute atomic E-state index is 0.298. The van der Waals surface area contributed by atoms with Crippen LogP contribution >= 0.6 is 0 Å². The van der Waals surface area contributed by atoms with Crippen LogP contribution in [0.1, 0.15) is 39.0 Å². The lowest BCUT2D eigenvalue weighted by atomic mass is 10.1. The first-order valence-corrected chi connectivity index (χ1v) is 9.61. The molecule has 0 aliphatic rings. The molecular formula is C11H21F3O4S2. The number of rotatable bonds is 7. The zero-order chi connectivity index (χ0) is 16.4. The van der Waals surface area contributed by atoms with Gasteiger partial charge < -0.3 is 4.55 Å². The van der Waals surface area contributed by atoms with Crippen LogP contribution in [0.4, 0.5) is 13.2 Å². The van der Waals surface area contributed by atoms with E-state index in [1.807, 2.05) is 0 Å². The Morgan fingerprint density at radius 3 is 1.90 bits per heavy atom. The number of hydrogen-bond acceptors (Lipinski definition) is 4. The lowest BCUT2D eigenvalue weighted by Gasteiger charge is -2.08. The number of Topliss-reactive ketones (excluding diaryl/α,β-unsaturated/α-hetero) is 1. The molecule has 122 valence electrons. The van der Waals surface area contributed by atoms with Crippen LogP contribution in [0.5, 0.6) is 0 Å². The summed E-state index contributed by atoms with van der Waals surface area (Å²) < 4.78 is 58.9. The van der Waals surface area contributed by atoms with E-state index in [9.17, 15) is 18.0 Å². The predicted octanol–water partition coefficient (Wildman–Crippen LogP) is 2.46. The maximum absolute atomic E-state index is 11.2. The number of ketones is 1. The van der Waals surface area contributed by atoms with Gasteiger partial charge in [0.2, 0.25) is 0 Å². The van der Waals surface area contributed by atoms with Crippen LogP contribution in [0.3, 0.4) is 0 Å². The zero-order valence-electron chi connectivity index (χ0n) is 11.8. The minimum Gasteiger partial charge on any atom is -0.741 e. The number of halogens is 3. The van der Waals surface area contributed by atoms with E-state index < -0.39 is 15.6 Å². The molecule has 0 atom stereocenters. The minimum atomic E-state index is -6.09. The fraction of sp³-hybridized carbons (Fsp3) is 0.909. The van der Waals surface area contributed by atoms with Crippen LogP contribution in [0.25, 0.3) is 0 Å². The summed E-state index contributed by atoms with van der Waals surface area (Å²) in [6, 6.07) is 0. The topological polar surface area (TPSA) is 74.3 Å². The molecule has 0 aromatic heterocycles. The third kappa shape index (κ3) is 14.1. The second kappa shape index (κ2) is 10.4. The van der Waals surface area contributed by atoms with Crippen LogP contribution in [-0.4, -0.2) is 42.5 Å². The number of carbonyl (C=O) groups is 1. The van der Waals surface area contributed by atoms with E-state index in [1.165, 1.54) is 19.3 Å². The van der Waals surface area contributed by atoms with Gasteiger partial charge in [0.25, 0.3) is 0 Å². The SMILES string of the molecule is CCCCCCC(=O)C[S+](C)C.O=S(=O)([O-])C(F)(F)F. The number of hydrogen-bond donors (Lipinski definition) is 0. The third-order valence-electron chi connectivity index (χ3n) is 2.04. The van der Waals surface area contributed by atoms with Crippen molar-refractivity contribution in [3.63, 3.8) is 0 Å². The van der Waals surface area contributed by atoms with Crippen molar-refractivity contribution in [2.75, 3.05) is 18.3 Å². The summed E-state index contributed by atoms with van der Waals surface area (Å²) >= 11 is 0. The van der Waals surface area contributed by atoms with Crippen LogP contribution in [0, 0.1) is 0 Å². The maximum atomic E-state index is 11.2. The number of carbonyl (C=O) groups excluding carboxylic acids is 1. The van der Waals surface area contributed by atoms with Crippen LogP contribution in [-0.2, 0) is 25.8 Å². The second-order valence-corrected chi connectivity index (χ2v) is 8.01. The molecule has 20 heavy (non-hydrogen) atoms. The van der Waals surface area contributed by atoms with Gasteiger partial charge in [0.05, 0.1) is 12.5 Å². The average Bonchev–Trinajstić information content (AvgIpc) is 2.21. The van der Waals surface area contributed by atoms with Crippen LogP contribution < -0.4 is 0 Å². The average molecular weight is 338 g/mol. The van der Waals surface area contributed by atoms with E-state index in [0.717, 1.165) is 18.6 Å². The van der Waals surface area contributed by atoms with E-state index in [4.69, 9.17) is 13.0 Å². The van der Waals surface area contributed by atoms with Crippen molar-refractivity contribution >= 4 is 26.8 Å². The van der Waals surface area contributed by atoms with Crippen molar-refractivity contribution in [3.05, 3.63) is 0 Å². The number of alkyl halides is 3. The largest absolute Gasteiger partial charge is 0.741 e. The second-order valence-electron chi connectivity index (χ2n) is 4.38. The van der Waals surface area contributed by atoms with E-state index in [2.05, 4.69) is 19.4 Å². The Hall–Kier alpha value is -0.280. The van der Waals surface area contributed by atoms with Gasteiger partial charge >= 0.3 is 5.51 Å². The molecule has 0 aliphatic heterocycles. The molecule has 0 fully saturated rings. The number of unbranched alkanes of at least 4 members (excludes halogenated alkanes) is 3. The highest BCUT2D eigenvalue weighted by atomic mass is 32.2. The van der Waals surface area contributed by atoms with Gasteiger partial charge in [-0.1, -0.05) is 26.2 Å². The lowest BCUT2D eigenvalue weighted by molar-refractivity contribution is -0.116. The normalized spacial score (nSPS) is 12.0. The van der Waals surface area contributed by atoms with E-state index in [-0.39, 0.29) is 0 Å². The summed E-state index contributed by atoms with van der Waals surface area (Å²) in [4.78, 5) is 11.2. The first-order valence-electron chi connectivity index (χ1n) is 5.99. The first kappa shape index (κ1) is 22.0. The Balaban J connectivity index is 0. The summed E-state index contributed by atoms with van der Waals surface area (Å²) in [5.74, 6) is 1.26. The molecule has 0 heterocycles. The molecule has 0 spiro atoms. The van der Waals surface area contributed by atoms with E-state index in [1.54, 1.807) is 0 Å². The molecule has 0 amide bonds. The summed E-state index contributed by atoms with van der Waals surface area (Å²) in [7, 11) is -5.79. The van der Waals surface area contributed by atoms with E-state index in [0.29, 0.717) is 16.7 Å². The van der Waals surface area contributed by atoms with Gasteiger partial charge in [-0.3, -0.25) is 4.79 Å². The monoisotopic (exact) mass is 338 g/mol. The summed E-state index contributed by atoms with van der Waals surface area (Å²) in [6.07, 6.45) is 9.92. The highest BCUT2D eigenvalue weighted by Gasteiger charge is 2.36. The van der Waals surface area contributed by atoms with Crippen molar-refractivity contribution in [1.82, 2.24) is 0 Å². The molecule has 0 bridgehead atoms. The van der Waals surface area contributed by atoms with Gasteiger partial charge in [-0.25, -0.2) is 8.42 Å². The van der Waals surface area contributed by atoms with Crippen molar-refractivity contribution < 1.29 is 30.9 Å². The Kier molecular flexibility index (Phi) is 11.5. The lowest BCUT2D eigenvalue weighted by Crippen LogP contribution is -2.21. The summed E-state index contributed by atoms with van der Waals surface area (Å²) in [5.41, 5.74) is -5.65. The predicted molar refractivity (Wildman–Crippen MR) is 73.6 cm³/mol. The standard InChI is InChI=1S/C10H21OS.CHF3O3S/c1-4-5-6-7-8-10(11)9-12(2)3;2-1(3,4)8(5,6)7/h4-9H2,1-3H3;(H,5,6,7)/q+1;/p-1. The van der Waals surface area contributed by atoms with Crippen LogP contribution in [0.15, 0.2) is 0 Å². The fourth-order valence-corrected chi connectivity index (χ4v) is 1.93. The van der Waals surface area contributed by atoms with Crippen molar-refractivity contribution in [1.29, 1.82) is 0 Å². The molecule has 4 nitrogen and oxygen atoms in total. The Morgan fingerprint density at radius 2 is 1.60 bits per heavy atom. The third-order valence-corrected chi connectivity index (χ3v) is 3.51. The molecule has 0 saturated carbocycles. The molecule has 0 aliphatic carbocycles. The highest BCUT2D eigenvalue weighted by Crippen LogP contribution is 2.20. The Morgan fingerprint density at radius 1 is 1.15 bits per heavy atom. The van der Waals surface area contributed by atoms with Gasteiger partial charge in [-0.05, 0) is 17.3 Å². The van der Waals surface area contributed by atoms with Crippen molar-refractivity contribution in [2.45, 2.75) is 44.5 Å². The molecule has 0 radical (unpaired) electrons. The Bertz CT molecular complexity index is 364. The zero-order valence-corrected chi connectivity index (χ0v) is 13.5. The summed E-state index contributed by atoms with van der Waals surface area (Å²) in [5, 5.41) is 0. The molecule has 9 heteroatoms. The van der Waals surface area contributed by atoms with Crippen LogP contribution in [0.2, 0.25) is 0 Å². The fourth-order valence-electron chi connectivity index (χ4n) is 1.14. The maximum Gasteiger partial charge on any atom is 0.485 e. The van der Waals surface area contributed by atoms with Crippen molar-refractivity contribution in [3.8, 4) is 0 Å². The highest BCUT2D eigenvalue weighted by molar-refractivity contribution is 7.96. The molecule has 0 N–H and O–H groups in total. The van der Waals surface area contributed by atoms with Gasteiger partial charge in [-0.2, -0.15) is 13.2 Å². The van der Waals surface area contributed by atoms with Gasteiger partial charge in [0.1, 0.15) is 0 Å². The van der Waals surface area contributed by atoms with Gasteiger partial charge in [-0.15, -0.1) is 0 Å². The smallest absolute Gasteiger partial charge is 0.485 e. The quantitative estimate of drug-likeness (QED) is 0.309. The first-order chi connectivity index (χ1) is 8.91.